The number of nitrogens with zero attached hydrogens (tertiary/aromatic N) is 3. The fraction of sp³-hybridized carbons (Fsp3) is 0.158. The standard InChI is InChI=1S/C19H17N3O5S/c1-12-4-6-14(7-5-12)22-18(10-13(2)20-22)27-28(24,25)15-8-9-16-17(11-15)26-19(23)21(16)3/h4-11H,1-3H3. The van der Waals surface area contributed by atoms with Gasteiger partial charge < -0.3 is 8.60 Å². The highest BCUT2D eigenvalue weighted by Gasteiger charge is 2.22. The molecule has 0 saturated carbocycles. The van der Waals surface area contributed by atoms with Crippen molar-refractivity contribution in [3.05, 3.63) is 70.3 Å². The zero-order valence-electron chi connectivity index (χ0n) is 15.4. The summed E-state index contributed by atoms with van der Waals surface area (Å²) in [5.41, 5.74) is 3.01. The third-order valence-corrected chi connectivity index (χ3v) is 5.55. The molecule has 0 aliphatic carbocycles. The van der Waals surface area contributed by atoms with E-state index in [2.05, 4.69) is 5.10 Å². The Morgan fingerprint density at radius 2 is 1.75 bits per heavy atom. The van der Waals surface area contributed by atoms with Crippen LogP contribution in [0.15, 0.2) is 62.6 Å². The predicted molar refractivity (Wildman–Crippen MR) is 102 cm³/mol. The van der Waals surface area contributed by atoms with Gasteiger partial charge in [-0.25, -0.2) is 4.79 Å². The molecule has 0 amide bonds. The third kappa shape index (κ3) is 3.09. The van der Waals surface area contributed by atoms with E-state index in [1.165, 1.54) is 27.4 Å². The van der Waals surface area contributed by atoms with E-state index in [-0.39, 0.29) is 16.4 Å². The minimum atomic E-state index is -4.17. The van der Waals surface area contributed by atoms with Crippen molar-refractivity contribution < 1.29 is 17.0 Å². The Kier molecular flexibility index (Phi) is 4.11. The van der Waals surface area contributed by atoms with Crippen LogP contribution in [0.1, 0.15) is 11.3 Å². The smallest absolute Gasteiger partial charge is 0.408 e. The van der Waals surface area contributed by atoms with Crippen molar-refractivity contribution in [3.8, 4) is 11.6 Å². The van der Waals surface area contributed by atoms with Crippen LogP contribution in [0.25, 0.3) is 16.8 Å². The van der Waals surface area contributed by atoms with Gasteiger partial charge in [0, 0.05) is 19.2 Å². The Balaban J connectivity index is 1.74. The molecule has 0 spiro atoms. The van der Waals surface area contributed by atoms with Gasteiger partial charge in [-0.2, -0.15) is 18.2 Å². The molecule has 0 fully saturated rings. The molecule has 0 bridgehead atoms. The lowest BCUT2D eigenvalue weighted by atomic mass is 10.2. The first kappa shape index (κ1) is 18.1. The number of aromatic nitrogens is 3. The number of fused-ring (bicyclic) bond motifs is 1. The largest absolute Gasteiger partial charge is 0.419 e. The van der Waals surface area contributed by atoms with E-state index in [0.717, 1.165) is 5.56 Å². The van der Waals surface area contributed by atoms with Crippen molar-refractivity contribution in [1.29, 1.82) is 0 Å². The molecule has 0 N–H and O–H groups in total. The van der Waals surface area contributed by atoms with Gasteiger partial charge in [0.2, 0.25) is 5.88 Å². The van der Waals surface area contributed by atoms with Crippen molar-refractivity contribution in [3.63, 3.8) is 0 Å². The second kappa shape index (κ2) is 6.38. The summed E-state index contributed by atoms with van der Waals surface area (Å²) in [6, 6.07) is 13.1. The molecule has 0 radical (unpaired) electrons. The highest BCUT2D eigenvalue weighted by molar-refractivity contribution is 7.87. The molecule has 28 heavy (non-hydrogen) atoms. The summed E-state index contributed by atoms with van der Waals surface area (Å²) in [7, 11) is -2.62. The average molecular weight is 399 g/mol. The van der Waals surface area contributed by atoms with Gasteiger partial charge >= 0.3 is 15.9 Å². The van der Waals surface area contributed by atoms with Crippen LogP contribution in [0.3, 0.4) is 0 Å². The monoisotopic (exact) mass is 399 g/mol. The summed E-state index contributed by atoms with van der Waals surface area (Å²) in [6.45, 7) is 3.70. The molecule has 0 unspecified atom stereocenters. The minimum Gasteiger partial charge on any atom is -0.408 e. The van der Waals surface area contributed by atoms with E-state index in [1.54, 1.807) is 20.0 Å². The van der Waals surface area contributed by atoms with Crippen LogP contribution in [0, 0.1) is 13.8 Å². The zero-order chi connectivity index (χ0) is 20.1. The van der Waals surface area contributed by atoms with Gasteiger partial charge in [-0.1, -0.05) is 17.7 Å². The lowest BCUT2D eigenvalue weighted by Crippen LogP contribution is -2.12. The fourth-order valence-corrected chi connectivity index (χ4v) is 3.76. The number of hydrogen-bond donors (Lipinski definition) is 0. The van der Waals surface area contributed by atoms with E-state index in [0.29, 0.717) is 16.9 Å². The number of rotatable bonds is 4. The van der Waals surface area contributed by atoms with Crippen LogP contribution < -0.4 is 9.94 Å². The second-order valence-corrected chi connectivity index (χ2v) is 8.01. The zero-order valence-corrected chi connectivity index (χ0v) is 16.2. The van der Waals surface area contributed by atoms with Gasteiger partial charge in [0.05, 0.1) is 16.9 Å². The topological polar surface area (TPSA) is 96.3 Å². The molecule has 4 rings (SSSR count). The van der Waals surface area contributed by atoms with Crippen molar-refractivity contribution >= 4 is 21.2 Å². The molecule has 144 valence electrons. The highest BCUT2D eigenvalue weighted by Crippen LogP contribution is 2.25. The lowest BCUT2D eigenvalue weighted by Gasteiger charge is -2.09. The van der Waals surface area contributed by atoms with Gasteiger partial charge in [-0.3, -0.25) is 4.57 Å². The second-order valence-electron chi connectivity index (χ2n) is 6.47. The summed E-state index contributed by atoms with van der Waals surface area (Å²) in [6.07, 6.45) is 0. The van der Waals surface area contributed by atoms with Crippen LogP contribution in [-0.4, -0.2) is 22.8 Å². The molecule has 0 aliphatic rings. The summed E-state index contributed by atoms with van der Waals surface area (Å²) >= 11 is 0. The third-order valence-electron chi connectivity index (χ3n) is 4.32. The molecule has 4 aromatic rings. The first-order chi connectivity index (χ1) is 13.2. The maximum Gasteiger partial charge on any atom is 0.419 e. The van der Waals surface area contributed by atoms with Gasteiger partial charge in [-0.05, 0) is 38.1 Å². The number of aryl methyl sites for hydroxylation is 3. The molecule has 2 aromatic carbocycles. The molecular formula is C19H17N3O5S. The quantitative estimate of drug-likeness (QED) is 0.490. The first-order valence-electron chi connectivity index (χ1n) is 8.42. The number of benzene rings is 2. The van der Waals surface area contributed by atoms with Crippen molar-refractivity contribution in [2.45, 2.75) is 18.7 Å². The summed E-state index contributed by atoms with van der Waals surface area (Å²) in [5.74, 6) is -0.505. The SMILES string of the molecule is Cc1ccc(-n2nc(C)cc2OS(=O)(=O)c2ccc3c(c2)oc(=O)n3C)cc1. The van der Waals surface area contributed by atoms with Crippen LogP contribution in [0.2, 0.25) is 0 Å². The summed E-state index contributed by atoms with van der Waals surface area (Å²) < 4.78 is 38.7. The Morgan fingerprint density at radius 1 is 1.04 bits per heavy atom. The van der Waals surface area contributed by atoms with Crippen LogP contribution in [-0.2, 0) is 17.2 Å². The van der Waals surface area contributed by atoms with Crippen molar-refractivity contribution in [2.75, 3.05) is 0 Å². The summed E-state index contributed by atoms with van der Waals surface area (Å²) in [5, 5.41) is 4.32. The van der Waals surface area contributed by atoms with Crippen molar-refractivity contribution in [2.24, 2.45) is 7.05 Å². The van der Waals surface area contributed by atoms with E-state index >= 15 is 0 Å². The van der Waals surface area contributed by atoms with E-state index in [9.17, 15) is 13.2 Å². The maximum atomic E-state index is 12.8. The number of oxazole rings is 1. The first-order valence-corrected chi connectivity index (χ1v) is 9.83. The Hall–Kier alpha value is -3.33. The Morgan fingerprint density at radius 3 is 2.46 bits per heavy atom. The van der Waals surface area contributed by atoms with Gasteiger partial charge in [0.1, 0.15) is 4.90 Å². The molecule has 9 heteroatoms. The number of hydrogen-bond acceptors (Lipinski definition) is 6. The van der Waals surface area contributed by atoms with Crippen LogP contribution in [0.5, 0.6) is 5.88 Å². The normalized spacial score (nSPS) is 11.8. The molecular weight excluding hydrogens is 382 g/mol. The lowest BCUT2D eigenvalue weighted by molar-refractivity contribution is 0.464. The van der Waals surface area contributed by atoms with E-state index in [1.807, 2.05) is 31.2 Å². The molecule has 0 saturated heterocycles. The average Bonchev–Trinajstić information content (AvgIpc) is 3.14. The molecule has 2 heterocycles. The molecule has 8 nitrogen and oxygen atoms in total. The Bertz CT molecular complexity index is 1340. The molecule has 2 aromatic heterocycles. The summed E-state index contributed by atoms with van der Waals surface area (Å²) in [4.78, 5) is 11.5. The van der Waals surface area contributed by atoms with Gasteiger partial charge in [0.15, 0.2) is 5.58 Å². The van der Waals surface area contributed by atoms with E-state index in [4.69, 9.17) is 8.60 Å². The van der Waals surface area contributed by atoms with Crippen LogP contribution >= 0.6 is 0 Å². The van der Waals surface area contributed by atoms with Crippen LogP contribution in [0.4, 0.5) is 0 Å². The van der Waals surface area contributed by atoms with Crippen molar-refractivity contribution in [1.82, 2.24) is 14.3 Å². The van der Waals surface area contributed by atoms with E-state index < -0.39 is 15.9 Å². The molecule has 0 atom stereocenters. The van der Waals surface area contributed by atoms with Gasteiger partial charge in [0.25, 0.3) is 0 Å². The highest BCUT2D eigenvalue weighted by atomic mass is 32.2. The predicted octanol–water partition coefficient (Wildman–Crippen LogP) is 2.70. The Labute approximate surface area is 160 Å². The minimum absolute atomic E-state index is 0.0657. The van der Waals surface area contributed by atoms with Gasteiger partial charge in [-0.15, -0.1) is 0 Å². The maximum absolute atomic E-state index is 12.8. The fourth-order valence-electron chi connectivity index (χ4n) is 2.84. The molecule has 0 aliphatic heterocycles.